The van der Waals surface area contributed by atoms with E-state index in [0.717, 1.165) is 50.9 Å². The fourth-order valence-corrected chi connectivity index (χ4v) is 5.48. The van der Waals surface area contributed by atoms with Gasteiger partial charge in [-0.25, -0.2) is 9.67 Å². The van der Waals surface area contributed by atoms with Crippen LogP contribution < -0.4 is 15.8 Å². The predicted molar refractivity (Wildman–Crippen MR) is 149 cm³/mol. The third-order valence-corrected chi connectivity index (χ3v) is 7.38. The van der Waals surface area contributed by atoms with E-state index in [1.807, 2.05) is 48.8 Å². The van der Waals surface area contributed by atoms with Gasteiger partial charge in [0, 0.05) is 69.4 Å². The molecular weight excluding hydrogens is 490 g/mol. The summed E-state index contributed by atoms with van der Waals surface area (Å²) < 4.78 is 3.57. The summed E-state index contributed by atoms with van der Waals surface area (Å²) >= 11 is 6.26. The van der Waals surface area contributed by atoms with E-state index in [9.17, 15) is 9.59 Å². The number of aromatic nitrogens is 4. The summed E-state index contributed by atoms with van der Waals surface area (Å²) in [6, 6.07) is 7.87. The fraction of sp³-hybridized carbons (Fsp3) is 0.407. The Morgan fingerprint density at radius 1 is 1.14 bits per heavy atom. The summed E-state index contributed by atoms with van der Waals surface area (Å²) in [6.07, 6.45) is 2.59. The molecule has 4 aromatic rings. The Morgan fingerprint density at radius 3 is 2.59 bits per heavy atom. The van der Waals surface area contributed by atoms with Crippen molar-refractivity contribution in [1.82, 2.24) is 24.2 Å². The Labute approximate surface area is 220 Å². The number of rotatable bonds is 6. The van der Waals surface area contributed by atoms with Crippen LogP contribution in [0, 0.1) is 6.92 Å². The van der Waals surface area contributed by atoms with Gasteiger partial charge >= 0.3 is 0 Å². The van der Waals surface area contributed by atoms with Crippen LogP contribution in [0.25, 0.3) is 21.8 Å². The van der Waals surface area contributed by atoms with Crippen LogP contribution in [0.3, 0.4) is 0 Å². The van der Waals surface area contributed by atoms with Gasteiger partial charge < -0.3 is 15.1 Å². The summed E-state index contributed by atoms with van der Waals surface area (Å²) in [7, 11) is 1.81. The van der Waals surface area contributed by atoms with Crippen LogP contribution in [0.15, 0.2) is 35.3 Å². The number of carbonyl (C=O) groups excluding carboxylic acids is 1. The van der Waals surface area contributed by atoms with E-state index in [2.05, 4.69) is 26.4 Å². The van der Waals surface area contributed by atoms with Crippen LogP contribution in [0.5, 0.6) is 0 Å². The molecule has 3 aromatic heterocycles. The van der Waals surface area contributed by atoms with Crippen molar-refractivity contribution in [3.8, 4) is 0 Å². The van der Waals surface area contributed by atoms with Crippen molar-refractivity contribution in [2.45, 2.75) is 33.7 Å². The van der Waals surface area contributed by atoms with Crippen molar-refractivity contribution in [2.24, 2.45) is 7.05 Å². The number of anilines is 2. The van der Waals surface area contributed by atoms with Gasteiger partial charge in [0.1, 0.15) is 10.8 Å². The number of benzene rings is 1. The van der Waals surface area contributed by atoms with Crippen LogP contribution in [-0.2, 0) is 24.8 Å². The highest BCUT2D eigenvalue weighted by Crippen LogP contribution is 2.29. The van der Waals surface area contributed by atoms with Crippen molar-refractivity contribution in [3.05, 3.63) is 57.1 Å². The maximum atomic E-state index is 13.3. The van der Waals surface area contributed by atoms with E-state index in [1.165, 1.54) is 0 Å². The zero-order valence-corrected chi connectivity index (χ0v) is 22.5. The van der Waals surface area contributed by atoms with E-state index in [-0.39, 0.29) is 11.5 Å². The molecule has 194 valence electrons. The molecule has 0 bridgehead atoms. The van der Waals surface area contributed by atoms with E-state index in [0.29, 0.717) is 44.4 Å². The lowest BCUT2D eigenvalue weighted by Gasteiger charge is -2.35. The molecule has 0 atom stereocenters. The average Bonchev–Trinajstić information content (AvgIpc) is 3.32. The molecule has 5 rings (SSSR count). The second-order valence-electron chi connectivity index (χ2n) is 9.58. The molecule has 0 unspecified atom stereocenters. The quantitative estimate of drug-likeness (QED) is 0.390. The molecular formula is C27H32ClN7O2. The van der Waals surface area contributed by atoms with Gasteiger partial charge in [0.15, 0.2) is 5.82 Å². The highest BCUT2D eigenvalue weighted by molar-refractivity contribution is 6.29. The molecule has 0 radical (unpaired) electrons. The lowest BCUT2D eigenvalue weighted by Crippen LogP contribution is -2.48. The zero-order chi connectivity index (χ0) is 26.3. The summed E-state index contributed by atoms with van der Waals surface area (Å²) in [5.74, 6) is 0.890. The van der Waals surface area contributed by atoms with Gasteiger partial charge in [-0.1, -0.05) is 23.2 Å². The summed E-state index contributed by atoms with van der Waals surface area (Å²) in [5, 5.41) is 11.2. The molecule has 0 aliphatic carbocycles. The van der Waals surface area contributed by atoms with Crippen LogP contribution in [0.1, 0.15) is 25.0 Å². The standard InChI is InChI=1S/C27H32ClN7O2/c1-5-35-26-21(16-30-35)24-19(14-17(2)15-20(24)27(37)32(26)4)8-9-29-22-6-7-23(28)31-25(22)34-12-10-33(11-13-34)18(3)36/h6-7,14-16,29H,5,8-13H2,1-4H3. The second-order valence-corrected chi connectivity index (χ2v) is 9.97. The minimum atomic E-state index is -0.00972. The van der Waals surface area contributed by atoms with Crippen LogP contribution >= 0.6 is 11.6 Å². The lowest BCUT2D eigenvalue weighted by atomic mass is 9.98. The van der Waals surface area contributed by atoms with E-state index >= 15 is 0 Å². The van der Waals surface area contributed by atoms with Gasteiger partial charge in [-0.2, -0.15) is 5.10 Å². The highest BCUT2D eigenvalue weighted by Gasteiger charge is 2.22. The van der Waals surface area contributed by atoms with Crippen LogP contribution in [0.2, 0.25) is 5.15 Å². The predicted octanol–water partition coefficient (Wildman–Crippen LogP) is 3.59. The number of piperazine rings is 1. The van der Waals surface area contributed by atoms with Crippen LogP contribution in [-0.4, -0.2) is 62.9 Å². The number of nitrogens with one attached hydrogen (secondary N) is 1. The molecule has 1 amide bonds. The number of pyridine rings is 2. The van der Waals surface area contributed by atoms with Crippen molar-refractivity contribution in [3.63, 3.8) is 0 Å². The van der Waals surface area contributed by atoms with Crippen molar-refractivity contribution < 1.29 is 4.79 Å². The van der Waals surface area contributed by atoms with Crippen molar-refractivity contribution in [2.75, 3.05) is 42.9 Å². The van der Waals surface area contributed by atoms with Crippen molar-refractivity contribution >= 4 is 50.8 Å². The summed E-state index contributed by atoms with van der Waals surface area (Å²) in [5.41, 5.74) is 3.90. The Bertz CT molecular complexity index is 1550. The van der Waals surface area contributed by atoms with Crippen molar-refractivity contribution in [1.29, 1.82) is 0 Å². The maximum Gasteiger partial charge on any atom is 0.259 e. The number of amides is 1. The van der Waals surface area contributed by atoms with Gasteiger partial charge in [-0.3, -0.25) is 14.2 Å². The number of carbonyl (C=O) groups is 1. The molecule has 1 N–H and O–H groups in total. The minimum absolute atomic E-state index is 0.00972. The van der Waals surface area contributed by atoms with Gasteiger partial charge in [0.2, 0.25) is 5.91 Å². The Hall–Kier alpha value is -3.59. The first kappa shape index (κ1) is 25.1. The topological polar surface area (TPSA) is 88.3 Å². The minimum Gasteiger partial charge on any atom is -0.382 e. The molecule has 10 heteroatoms. The molecule has 0 saturated carbocycles. The fourth-order valence-electron chi connectivity index (χ4n) is 5.33. The summed E-state index contributed by atoms with van der Waals surface area (Å²) in [4.78, 5) is 33.6. The molecule has 9 nitrogen and oxygen atoms in total. The molecule has 37 heavy (non-hydrogen) atoms. The third-order valence-electron chi connectivity index (χ3n) is 7.17. The van der Waals surface area contributed by atoms with Gasteiger partial charge in [-0.05, 0) is 44.0 Å². The Kier molecular flexibility index (Phi) is 6.81. The molecule has 0 spiro atoms. The van der Waals surface area contributed by atoms with Gasteiger partial charge in [-0.15, -0.1) is 0 Å². The lowest BCUT2D eigenvalue weighted by molar-refractivity contribution is -0.129. The average molecular weight is 522 g/mol. The summed E-state index contributed by atoms with van der Waals surface area (Å²) in [6.45, 7) is 9.73. The second kappa shape index (κ2) is 10.0. The molecule has 1 saturated heterocycles. The van der Waals surface area contributed by atoms with Gasteiger partial charge in [0.05, 0.1) is 11.9 Å². The maximum absolute atomic E-state index is 13.3. The largest absolute Gasteiger partial charge is 0.382 e. The number of halogens is 1. The number of nitrogens with zero attached hydrogens (tertiary/aromatic N) is 6. The van der Waals surface area contributed by atoms with Gasteiger partial charge in [0.25, 0.3) is 5.56 Å². The number of hydrogen-bond acceptors (Lipinski definition) is 6. The van der Waals surface area contributed by atoms with E-state index in [1.54, 1.807) is 17.6 Å². The SMILES string of the molecule is CCn1ncc2c3c(CCNc4ccc(Cl)nc4N4CCN(C(C)=O)CC4)cc(C)cc3c(=O)n(C)c21. The van der Waals surface area contributed by atoms with Crippen LogP contribution in [0.4, 0.5) is 11.5 Å². The monoisotopic (exact) mass is 521 g/mol. The smallest absolute Gasteiger partial charge is 0.259 e. The highest BCUT2D eigenvalue weighted by atomic mass is 35.5. The number of fused-ring (bicyclic) bond motifs is 3. The first-order valence-electron chi connectivity index (χ1n) is 12.7. The molecule has 4 heterocycles. The number of aryl methyl sites for hydroxylation is 3. The molecule has 1 fully saturated rings. The third kappa shape index (κ3) is 4.64. The van der Waals surface area contributed by atoms with E-state index < -0.39 is 0 Å². The van der Waals surface area contributed by atoms with E-state index in [4.69, 9.17) is 11.6 Å². The molecule has 1 aliphatic rings. The first-order chi connectivity index (χ1) is 17.8. The Morgan fingerprint density at radius 2 is 1.89 bits per heavy atom. The molecule has 1 aliphatic heterocycles. The zero-order valence-electron chi connectivity index (χ0n) is 21.7. The first-order valence-corrected chi connectivity index (χ1v) is 13.0. The normalized spacial score (nSPS) is 14.1. The number of hydrogen-bond donors (Lipinski definition) is 1. The Balaban J connectivity index is 1.44. The molecule has 1 aromatic carbocycles.